The van der Waals surface area contributed by atoms with E-state index < -0.39 is 18.2 Å². The molecule has 2 heterocycles. The topological polar surface area (TPSA) is 72.9 Å². The van der Waals surface area contributed by atoms with Crippen LogP contribution < -0.4 is 5.32 Å². The first kappa shape index (κ1) is 16.6. The van der Waals surface area contributed by atoms with Gasteiger partial charge >= 0.3 is 0 Å². The van der Waals surface area contributed by atoms with Crippen LogP contribution in [0.5, 0.6) is 0 Å². The second-order valence-electron chi connectivity index (χ2n) is 7.17. The van der Waals surface area contributed by atoms with E-state index in [1.54, 1.807) is 11.8 Å². The second kappa shape index (κ2) is 6.36. The molecule has 2 amide bonds. The number of nitrogens with zero attached hydrogens (tertiary/aromatic N) is 2. The Morgan fingerprint density at radius 3 is 2.83 bits per heavy atom. The average Bonchev–Trinajstić information content (AvgIpc) is 3.31. The summed E-state index contributed by atoms with van der Waals surface area (Å²) in [6, 6.07) is -0.246. The Morgan fingerprint density at radius 1 is 1.43 bits per heavy atom. The summed E-state index contributed by atoms with van der Waals surface area (Å²) in [6.07, 6.45) is 0.684. The summed E-state index contributed by atoms with van der Waals surface area (Å²) in [6.45, 7) is 4.06. The average molecular weight is 327 g/mol. The number of hydrogen-bond acceptors (Lipinski definition) is 4. The van der Waals surface area contributed by atoms with Crippen molar-refractivity contribution in [2.75, 3.05) is 32.7 Å². The lowest BCUT2D eigenvalue weighted by Gasteiger charge is -2.37. The predicted octanol–water partition coefficient (Wildman–Crippen LogP) is -0.0917. The highest BCUT2D eigenvalue weighted by atomic mass is 19.1. The van der Waals surface area contributed by atoms with E-state index in [1.807, 2.05) is 0 Å². The van der Waals surface area contributed by atoms with Gasteiger partial charge in [-0.1, -0.05) is 0 Å². The molecule has 3 atom stereocenters. The number of alkyl halides is 1. The molecule has 1 spiro atoms. The number of halogens is 1. The van der Waals surface area contributed by atoms with Crippen molar-refractivity contribution in [3.63, 3.8) is 0 Å². The number of hydrogen-bond donors (Lipinski definition) is 2. The molecule has 3 aliphatic rings. The molecule has 130 valence electrons. The first-order valence-electron chi connectivity index (χ1n) is 8.56. The molecule has 3 rings (SSSR count). The summed E-state index contributed by atoms with van der Waals surface area (Å²) in [7, 11) is 0. The Hall–Kier alpha value is -1.21. The van der Waals surface area contributed by atoms with Gasteiger partial charge < -0.3 is 20.2 Å². The van der Waals surface area contributed by atoms with Gasteiger partial charge in [-0.25, -0.2) is 4.39 Å². The van der Waals surface area contributed by atoms with E-state index in [1.165, 1.54) is 4.90 Å². The van der Waals surface area contributed by atoms with E-state index in [0.29, 0.717) is 19.6 Å². The lowest BCUT2D eigenvalue weighted by atomic mass is 9.90. The number of aliphatic hydroxyl groups excluding tert-OH is 1. The molecule has 23 heavy (non-hydrogen) atoms. The SMILES string of the molecule is C[C@@H]1NCCN(CC[C@H](F)C(=O)N2CCC3(CC3)[C@H](O)C2)C1=O. The van der Waals surface area contributed by atoms with Crippen LogP contribution in [0.25, 0.3) is 0 Å². The number of aliphatic hydroxyl groups is 1. The van der Waals surface area contributed by atoms with Gasteiger partial charge in [-0.05, 0) is 31.6 Å². The summed E-state index contributed by atoms with van der Waals surface area (Å²) in [4.78, 5) is 27.2. The number of piperidine rings is 1. The highest BCUT2D eigenvalue weighted by Crippen LogP contribution is 2.53. The van der Waals surface area contributed by atoms with Crippen molar-refractivity contribution in [2.45, 2.75) is 50.9 Å². The van der Waals surface area contributed by atoms with Crippen LogP contribution in [0.1, 0.15) is 32.6 Å². The fourth-order valence-electron chi connectivity index (χ4n) is 3.66. The fraction of sp³-hybridized carbons (Fsp3) is 0.875. The smallest absolute Gasteiger partial charge is 0.257 e. The van der Waals surface area contributed by atoms with Crippen LogP contribution in [0.15, 0.2) is 0 Å². The van der Waals surface area contributed by atoms with Gasteiger partial charge in [0.15, 0.2) is 6.17 Å². The number of likely N-dealkylation sites (tertiary alicyclic amines) is 1. The van der Waals surface area contributed by atoms with Crippen LogP contribution in [0.4, 0.5) is 4.39 Å². The summed E-state index contributed by atoms with van der Waals surface area (Å²) in [5.74, 6) is -0.588. The molecule has 2 aliphatic heterocycles. The molecule has 0 radical (unpaired) electrons. The molecule has 0 aromatic heterocycles. The number of carbonyl (C=O) groups excluding carboxylic acids is 2. The van der Waals surface area contributed by atoms with E-state index >= 15 is 0 Å². The van der Waals surface area contributed by atoms with Crippen LogP contribution in [0.3, 0.4) is 0 Å². The molecule has 2 N–H and O–H groups in total. The third-order valence-corrected chi connectivity index (χ3v) is 5.62. The minimum absolute atomic E-state index is 0.00590. The van der Waals surface area contributed by atoms with E-state index in [9.17, 15) is 19.1 Å². The normalized spacial score (nSPS) is 31.3. The molecular formula is C16H26FN3O3. The largest absolute Gasteiger partial charge is 0.391 e. The number of rotatable bonds is 4. The van der Waals surface area contributed by atoms with Crippen molar-refractivity contribution in [1.29, 1.82) is 0 Å². The van der Waals surface area contributed by atoms with Crippen molar-refractivity contribution in [3.05, 3.63) is 0 Å². The monoisotopic (exact) mass is 327 g/mol. The molecule has 3 fully saturated rings. The van der Waals surface area contributed by atoms with Crippen LogP contribution in [-0.2, 0) is 9.59 Å². The molecular weight excluding hydrogens is 301 g/mol. The maximum Gasteiger partial charge on any atom is 0.257 e. The van der Waals surface area contributed by atoms with Crippen molar-refractivity contribution in [3.8, 4) is 0 Å². The molecule has 0 bridgehead atoms. The van der Waals surface area contributed by atoms with Crippen LogP contribution >= 0.6 is 0 Å². The fourth-order valence-corrected chi connectivity index (χ4v) is 3.66. The minimum atomic E-state index is -1.60. The number of nitrogens with one attached hydrogen (secondary N) is 1. The quantitative estimate of drug-likeness (QED) is 0.757. The Kier molecular flexibility index (Phi) is 4.60. The zero-order valence-corrected chi connectivity index (χ0v) is 13.6. The van der Waals surface area contributed by atoms with E-state index in [0.717, 1.165) is 19.3 Å². The zero-order valence-electron chi connectivity index (χ0n) is 13.6. The Balaban J connectivity index is 1.47. The van der Waals surface area contributed by atoms with Gasteiger partial charge in [-0.3, -0.25) is 9.59 Å². The Labute approximate surface area is 136 Å². The first-order valence-corrected chi connectivity index (χ1v) is 8.56. The standard InChI is InChI=1S/C16H26FN3O3/c1-11-14(22)19(9-6-18-11)7-2-12(17)15(23)20-8-5-16(3-4-16)13(21)10-20/h11-13,18,21H,2-10H2,1H3/t11-,12-,13+/m0/s1. The molecule has 1 aliphatic carbocycles. The van der Waals surface area contributed by atoms with Crippen molar-refractivity contribution >= 4 is 11.8 Å². The first-order chi connectivity index (χ1) is 10.9. The van der Waals surface area contributed by atoms with Crippen LogP contribution in [-0.4, -0.2) is 77.8 Å². The molecule has 0 unspecified atom stereocenters. The lowest BCUT2D eigenvalue weighted by Crippen LogP contribution is -2.54. The Morgan fingerprint density at radius 2 is 2.17 bits per heavy atom. The zero-order chi connectivity index (χ0) is 16.6. The number of β-amino-alcohol motifs (C(OH)–C–C–N with tert-alkyl or cyclic N) is 1. The molecule has 7 heteroatoms. The van der Waals surface area contributed by atoms with Gasteiger partial charge in [-0.15, -0.1) is 0 Å². The van der Waals surface area contributed by atoms with Gasteiger partial charge in [0.1, 0.15) is 0 Å². The van der Waals surface area contributed by atoms with Gasteiger partial charge in [0, 0.05) is 39.1 Å². The van der Waals surface area contributed by atoms with Gasteiger partial charge in [0.25, 0.3) is 5.91 Å². The molecule has 6 nitrogen and oxygen atoms in total. The van der Waals surface area contributed by atoms with E-state index in [2.05, 4.69) is 5.32 Å². The van der Waals surface area contributed by atoms with Gasteiger partial charge in [0.2, 0.25) is 5.91 Å². The number of amides is 2. The van der Waals surface area contributed by atoms with Crippen LogP contribution in [0, 0.1) is 5.41 Å². The van der Waals surface area contributed by atoms with E-state index in [-0.39, 0.29) is 36.9 Å². The highest BCUT2D eigenvalue weighted by molar-refractivity contribution is 5.83. The van der Waals surface area contributed by atoms with Crippen molar-refractivity contribution < 1.29 is 19.1 Å². The third kappa shape index (κ3) is 3.35. The lowest BCUT2D eigenvalue weighted by molar-refractivity contribution is -0.143. The minimum Gasteiger partial charge on any atom is -0.391 e. The second-order valence-corrected chi connectivity index (χ2v) is 7.17. The highest BCUT2D eigenvalue weighted by Gasteiger charge is 2.52. The maximum atomic E-state index is 14.3. The number of carbonyl (C=O) groups is 2. The Bertz CT molecular complexity index is 483. The predicted molar refractivity (Wildman–Crippen MR) is 82.4 cm³/mol. The van der Waals surface area contributed by atoms with Gasteiger partial charge in [-0.2, -0.15) is 0 Å². The molecule has 2 saturated heterocycles. The van der Waals surface area contributed by atoms with Crippen LogP contribution in [0.2, 0.25) is 0 Å². The van der Waals surface area contributed by atoms with E-state index in [4.69, 9.17) is 0 Å². The third-order valence-electron chi connectivity index (χ3n) is 5.62. The van der Waals surface area contributed by atoms with Crippen molar-refractivity contribution in [1.82, 2.24) is 15.1 Å². The number of piperazine rings is 1. The molecule has 0 aromatic carbocycles. The summed E-state index contributed by atoms with van der Waals surface area (Å²) in [5.41, 5.74) is 0.00590. The maximum absolute atomic E-state index is 14.3. The molecule has 0 aromatic rings. The summed E-state index contributed by atoms with van der Waals surface area (Å²) >= 11 is 0. The van der Waals surface area contributed by atoms with Crippen molar-refractivity contribution in [2.24, 2.45) is 5.41 Å². The summed E-state index contributed by atoms with van der Waals surface area (Å²) < 4.78 is 14.3. The van der Waals surface area contributed by atoms with Gasteiger partial charge in [0.05, 0.1) is 12.1 Å². The molecule has 1 saturated carbocycles. The summed E-state index contributed by atoms with van der Waals surface area (Å²) in [5, 5.41) is 13.2.